The van der Waals surface area contributed by atoms with Gasteiger partial charge >= 0.3 is 5.97 Å². The van der Waals surface area contributed by atoms with E-state index in [4.69, 9.17) is 9.84 Å². The Bertz CT molecular complexity index is 411. The van der Waals surface area contributed by atoms with E-state index in [2.05, 4.69) is 6.92 Å². The van der Waals surface area contributed by atoms with Gasteiger partial charge in [-0.15, -0.1) is 0 Å². The molecule has 1 aliphatic rings. The van der Waals surface area contributed by atoms with Crippen LogP contribution in [0, 0.1) is 5.92 Å². The van der Waals surface area contributed by atoms with Crippen molar-refractivity contribution in [3.8, 4) is 0 Å². The van der Waals surface area contributed by atoms with Gasteiger partial charge in [0.25, 0.3) is 0 Å². The second kappa shape index (κ2) is 13.3. The highest BCUT2D eigenvalue weighted by Gasteiger charge is 2.35. The van der Waals surface area contributed by atoms with Crippen molar-refractivity contribution in [2.45, 2.75) is 102 Å². The lowest BCUT2D eigenvalue weighted by molar-refractivity contribution is -0.201. The first-order valence-electron chi connectivity index (χ1n) is 10.0. The van der Waals surface area contributed by atoms with E-state index >= 15 is 0 Å². The Morgan fingerprint density at radius 1 is 1.15 bits per heavy atom. The number of carboxylic acids is 1. The zero-order valence-corrected chi connectivity index (χ0v) is 15.9. The van der Waals surface area contributed by atoms with E-state index in [-0.39, 0.29) is 18.8 Å². The molecule has 26 heavy (non-hydrogen) atoms. The first-order chi connectivity index (χ1) is 12.4. The summed E-state index contributed by atoms with van der Waals surface area (Å²) in [6.45, 7) is 2.12. The van der Waals surface area contributed by atoms with Crippen molar-refractivity contribution in [1.29, 1.82) is 0 Å². The van der Waals surface area contributed by atoms with E-state index in [9.17, 15) is 20.1 Å². The fourth-order valence-corrected chi connectivity index (χ4v) is 3.43. The maximum absolute atomic E-state index is 10.5. The van der Waals surface area contributed by atoms with Crippen molar-refractivity contribution < 1.29 is 30.0 Å². The molecule has 4 N–H and O–H groups in total. The molecule has 0 aromatic heterocycles. The van der Waals surface area contributed by atoms with Crippen LogP contribution in [0.1, 0.15) is 77.6 Å². The molecule has 6 nitrogen and oxygen atoms in total. The lowest BCUT2D eigenvalue weighted by atomic mass is 9.85. The highest BCUT2D eigenvalue weighted by Crippen LogP contribution is 2.30. The SMILES string of the molecule is CCCCCC(O)/C=C/[C@H]1OC(O)CC(O)[C@@H]1CCCCCCC(=O)O. The summed E-state index contributed by atoms with van der Waals surface area (Å²) in [6.07, 6.45) is 9.27. The molecule has 1 heterocycles. The number of aliphatic carboxylic acids is 1. The minimum absolute atomic E-state index is 0.114. The summed E-state index contributed by atoms with van der Waals surface area (Å²) in [5.41, 5.74) is 0. The summed E-state index contributed by atoms with van der Waals surface area (Å²) < 4.78 is 5.57. The Morgan fingerprint density at radius 3 is 2.58 bits per heavy atom. The number of hydrogen-bond acceptors (Lipinski definition) is 5. The van der Waals surface area contributed by atoms with Gasteiger partial charge < -0.3 is 25.2 Å². The fourth-order valence-electron chi connectivity index (χ4n) is 3.43. The molecular formula is C20H36O6. The summed E-state index contributed by atoms with van der Waals surface area (Å²) in [7, 11) is 0. The van der Waals surface area contributed by atoms with Gasteiger partial charge in [0, 0.05) is 18.8 Å². The highest BCUT2D eigenvalue weighted by molar-refractivity contribution is 5.66. The molecule has 1 aliphatic heterocycles. The number of aliphatic hydroxyl groups is 3. The average molecular weight is 373 g/mol. The molecule has 1 fully saturated rings. The molecule has 0 bridgehead atoms. The zero-order valence-electron chi connectivity index (χ0n) is 15.9. The summed E-state index contributed by atoms with van der Waals surface area (Å²) in [4.78, 5) is 10.5. The minimum Gasteiger partial charge on any atom is -0.481 e. The van der Waals surface area contributed by atoms with Crippen LogP contribution >= 0.6 is 0 Å². The van der Waals surface area contributed by atoms with E-state index in [1.165, 1.54) is 0 Å². The predicted octanol–water partition coefficient (Wildman–Crippen LogP) is 2.99. The van der Waals surface area contributed by atoms with E-state index in [0.29, 0.717) is 12.8 Å². The predicted molar refractivity (Wildman–Crippen MR) is 99.6 cm³/mol. The van der Waals surface area contributed by atoms with Crippen molar-refractivity contribution in [3.05, 3.63) is 12.2 Å². The van der Waals surface area contributed by atoms with Gasteiger partial charge in [-0.3, -0.25) is 4.79 Å². The number of aliphatic hydroxyl groups excluding tert-OH is 3. The van der Waals surface area contributed by atoms with Gasteiger partial charge in [-0.05, 0) is 19.3 Å². The summed E-state index contributed by atoms with van der Waals surface area (Å²) >= 11 is 0. The van der Waals surface area contributed by atoms with Crippen LogP contribution in [-0.2, 0) is 9.53 Å². The Morgan fingerprint density at radius 2 is 1.88 bits per heavy atom. The normalized spacial score (nSPS) is 27.7. The number of hydrogen-bond donors (Lipinski definition) is 4. The zero-order chi connectivity index (χ0) is 19.4. The molecule has 0 saturated carbocycles. The van der Waals surface area contributed by atoms with E-state index < -0.39 is 30.6 Å². The van der Waals surface area contributed by atoms with Gasteiger partial charge in [-0.1, -0.05) is 57.6 Å². The minimum atomic E-state index is -0.983. The number of rotatable bonds is 13. The summed E-state index contributed by atoms with van der Waals surface area (Å²) in [6, 6.07) is 0. The Balaban J connectivity index is 2.44. The van der Waals surface area contributed by atoms with E-state index in [1.54, 1.807) is 12.2 Å². The van der Waals surface area contributed by atoms with Crippen LogP contribution in [-0.4, -0.2) is 51.0 Å². The largest absolute Gasteiger partial charge is 0.481 e. The van der Waals surface area contributed by atoms with Gasteiger partial charge in [-0.2, -0.15) is 0 Å². The van der Waals surface area contributed by atoms with Crippen LogP contribution < -0.4 is 0 Å². The Labute approximate surface area is 156 Å². The Kier molecular flexibility index (Phi) is 11.8. The molecule has 152 valence electrons. The number of ether oxygens (including phenoxy) is 1. The van der Waals surface area contributed by atoms with E-state index in [0.717, 1.165) is 44.9 Å². The molecule has 1 saturated heterocycles. The number of carbonyl (C=O) groups is 1. The van der Waals surface area contributed by atoms with E-state index in [1.807, 2.05) is 0 Å². The van der Waals surface area contributed by atoms with Gasteiger partial charge in [0.15, 0.2) is 6.29 Å². The second-order valence-electron chi connectivity index (χ2n) is 7.32. The van der Waals surface area contributed by atoms with Gasteiger partial charge in [0.2, 0.25) is 0 Å². The van der Waals surface area contributed by atoms with Crippen molar-refractivity contribution in [3.63, 3.8) is 0 Å². The monoisotopic (exact) mass is 372 g/mol. The van der Waals surface area contributed by atoms with Crippen LogP contribution in [0.3, 0.4) is 0 Å². The molecule has 0 aliphatic carbocycles. The van der Waals surface area contributed by atoms with Crippen molar-refractivity contribution in [2.75, 3.05) is 0 Å². The fraction of sp³-hybridized carbons (Fsp3) is 0.850. The maximum atomic E-state index is 10.5. The first-order valence-corrected chi connectivity index (χ1v) is 10.0. The van der Waals surface area contributed by atoms with Gasteiger partial charge in [0.05, 0.1) is 18.3 Å². The van der Waals surface area contributed by atoms with Crippen molar-refractivity contribution >= 4 is 5.97 Å². The molecule has 0 aromatic carbocycles. The molecule has 3 unspecified atom stereocenters. The van der Waals surface area contributed by atoms with Gasteiger partial charge in [-0.25, -0.2) is 0 Å². The molecule has 5 atom stereocenters. The molecule has 6 heteroatoms. The second-order valence-corrected chi connectivity index (χ2v) is 7.32. The molecular weight excluding hydrogens is 336 g/mol. The first kappa shape index (κ1) is 23.1. The van der Waals surface area contributed by atoms with Crippen LogP contribution in [0.5, 0.6) is 0 Å². The molecule has 0 radical (unpaired) electrons. The average Bonchev–Trinajstić information content (AvgIpc) is 2.57. The molecule has 0 amide bonds. The molecule has 0 aromatic rings. The Hall–Kier alpha value is -0.950. The third-order valence-corrected chi connectivity index (χ3v) is 4.98. The lowest BCUT2D eigenvalue weighted by Crippen LogP contribution is -2.43. The quantitative estimate of drug-likeness (QED) is 0.292. The van der Waals surface area contributed by atoms with Crippen molar-refractivity contribution in [2.24, 2.45) is 5.92 Å². The summed E-state index contributed by atoms with van der Waals surface area (Å²) in [5, 5.41) is 38.7. The van der Waals surface area contributed by atoms with Crippen LogP contribution in [0.2, 0.25) is 0 Å². The van der Waals surface area contributed by atoms with Crippen LogP contribution in [0.25, 0.3) is 0 Å². The molecule has 1 rings (SSSR count). The topological polar surface area (TPSA) is 107 Å². The number of carboxylic acid groups (broad SMARTS) is 1. The third kappa shape index (κ3) is 9.67. The maximum Gasteiger partial charge on any atom is 0.303 e. The van der Waals surface area contributed by atoms with Crippen LogP contribution in [0.4, 0.5) is 0 Å². The van der Waals surface area contributed by atoms with Crippen LogP contribution in [0.15, 0.2) is 12.2 Å². The number of unbranched alkanes of at least 4 members (excludes halogenated alkanes) is 5. The lowest BCUT2D eigenvalue weighted by Gasteiger charge is -2.37. The smallest absolute Gasteiger partial charge is 0.303 e. The summed E-state index contributed by atoms with van der Waals surface area (Å²) in [5.74, 6) is -0.880. The van der Waals surface area contributed by atoms with Gasteiger partial charge in [0.1, 0.15) is 0 Å². The van der Waals surface area contributed by atoms with Crippen molar-refractivity contribution in [1.82, 2.24) is 0 Å². The molecule has 0 spiro atoms. The third-order valence-electron chi connectivity index (χ3n) is 4.98. The highest BCUT2D eigenvalue weighted by atomic mass is 16.6. The standard InChI is InChI=1S/C20H36O6/c1-2-3-6-9-15(21)12-13-18-16(17(22)14-20(25)26-18)10-7-4-5-8-11-19(23)24/h12-13,15-18,20-22,25H,2-11,14H2,1H3,(H,23,24)/b13-12+/t15?,16-,17?,18+,20?/m0/s1.